The zero-order valence-corrected chi connectivity index (χ0v) is 7.16. The molecule has 0 aromatic carbocycles. The molecule has 1 aromatic rings. The zero-order chi connectivity index (χ0) is 7.72. The minimum Gasteiger partial charge on any atom is -0.241 e. The number of nitrogens with zero attached hydrogens (tertiary/aromatic N) is 1. The maximum Gasteiger partial charge on any atom is 0.132 e. The lowest BCUT2D eigenvalue weighted by molar-refractivity contribution is 1.12. The van der Waals surface area contributed by atoms with Crippen LogP contribution in [0.15, 0.2) is 6.07 Å². The molecule has 1 rings (SSSR count). The van der Waals surface area contributed by atoms with Crippen molar-refractivity contribution in [3.05, 3.63) is 28.0 Å². The van der Waals surface area contributed by atoms with Crippen LogP contribution in [-0.2, 0) is 0 Å². The van der Waals surface area contributed by atoms with Crippen molar-refractivity contribution in [3.63, 3.8) is 0 Å². The average molecular weight is 156 g/mol. The topological polar surface area (TPSA) is 12.9 Å². The number of rotatable bonds is 0. The van der Waals surface area contributed by atoms with Gasteiger partial charge in [0.1, 0.15) is 5.15 Å². The molecule has 2 heteroatoms. The molecule has 0 aliphatic rings. The smallest absolute Gasteiger partial charge is 0.132 e. The highest BCUT2D eigenvalue weighted by atomic mass is 35.5. The lowest BCUT2D eigenvalue weighted by atomic mass is 10.2. The summed E-state index contributed by atoms with van der Waals surface area (Å²) in [7, 11) is 0. The first-order valence-electron chi connectivity index (χ1n) is 3.21. The van der Waals surface area contributed by atoms with Gasteiger partial charge in [-0.25, -0.2) is 4.98 Å². The summed E-state index contributed by atoms with van der Waals surface area (Å²) in [4.78, 5) is 4.14. The number of pyridine rings is 1. The van der Waals surface area contributed by atoms with E-state index in [-0.39, 0.29) is 0 Å². The largest absolute Gasteiger partial charge is 0.241 e. The molecule has 10 heavy (non-hydrogen) atoms. The van der Waals surface area contributed by atoms with Crippen LogP contribution in [0.5, 0.6) is 0 Å². The van der Waals surface area contributed by atoms with E-state index in [0.29, 0.717) is 5.15 Å². The predicted molar refractivity (Wildman–Crippen MR) is 43.5 cm³/mol. The van der Waals surface area contributed by atoms with E-state index in [1.165, 1.54) is 5.56 Å². The fourth-order valence-electron chi connectivity index (χ4n) is 0.812. The first-order valence-corrected chi connectivity index (χ1v) is 3.59. The lowest BCUT2D eigenvalue weighted by Gasteiger charge is -2.01. The van der Waals surface area contributed by atoms with Crippen LogP contribution in [0.1, 0.15) is 16.8 Å². The van der Waals surface area contributed by atoms with Crippen LogP contribution in [0.4, 0.5) is 0 Å². The van der Waals surface area contributed by atoms with Crippen molar-refractivity contribution in [2.45, 2.75) is 20.8 Å². The Labute approximate surface area is 66.0 Å². The second-order valence-electron chi connectivity index (χ2n) is 2.50. The van der Waals surface area contributed by atoms with Crippen molar-refractivity contribution in [1.82, 2.24) is 4.98 Å². The third-order valence-electron chi connectivity index (χ3n) is 1.59. The quantitative estimate of drug-likeness (QED) is 0.525. The fraction of sp³-hybridized carbons (Fsp3) is 0.375. The van der Waals surface area contributed by atoms with Crippen molar-refractivity contribution in [2.24, 2.45) is 0 Å². The number of hydrogen-bond acceptors (Lipinski definition) is 1. The Balaban J connectivity index is 3.28. The lowest BCUT2D eigenvalue weighted by Crippen LogP contribution is -1.89. The van der Waals surface area contributed by atoms with E-state index in [1.807, 2.05) is 26.8 Å². The summed E-state index contributed by atoms with van der Waals surface area (Å²) in [5.41, 5.74) is 3.25. The standard InChI is InChI=1S/C8H10ClN/c1-5-4-6(2)8(9)10-7(5)3/h4H,1-3H3. The van der Waals surface area contributed by atoms with E-state index in [2.05, 4.69) is 4.98 Å². The highest BCUT2D eigenvalue weighted by Gasteiger charge is 1.98. The summed E-state index contributed by atoms with van der Waals surface area (Å²) in [6, 6.07) is 2.05. The Morgan fingerprint density at radius 3 is 2.30 bits per heavy atom. The van der Waals surface area contributed by atoms with Crippen LogP contribution < -0.4 is 0 Å². The van der Waals surface area contributed by atoms with Crippen LogP contribution >= 0.6 is 11.6 Å². The molecule has 1 heterocycles. The molecule has 0 amide bonds. The summed E-state index contributed by atoms with van der Waals surface area (Å²) < 4.78 is 0. The molecular formula is C8H10ClN. The first kappa shape index (κ1) is 7.55. The molecule has 1 nitrogen and oxygen atoms in total. The van der Waals surface area contributed by atoms with Gasteiger partial charge in [0.15, 0.2) is 0 Å². The van der Waals surface area contributed by atoms with Crippen LogP contribution in [0.2, 0.25) is 5.15 Å². The van der Waals surface area contributed by atoms with Crippen molar-refractivity contribution in [3.8, 4) is 0 Å². The number of halogens is 1. The first-order chi connectivity index (χ1) is 4.61. The maximum absolute atomic E-state index is 5.77. The van der Waals surface area contributed by atoms with Gasteiger partial charge in [0.05, 0.1) is 0 Å². The summed E-state index contributed by atoms with van der Waals surface area (Å²) in [5, 5.41) is 0.614. The van der Waals surface area contributed by atoms with Gasteiger partial charge in [-0.2, -0.15) is 0 Å². The Kier molecular flexibility index (Phi) is 1.95. The number of hydrogen-bond donors (Lipinski definition) is 0. The van der Waals surface area contributed by atoms with E-state index in [9.17, 15) is 0 Å². The van der Waals surface area contributed by atoms with E-state index < -0.39 is 0 Å². The predicted octanol–water partition coefficient (Wildman–Crippen LogP) is 2.66. The second kappa shape index (κ2) is 2.59. The van der Waals surface area contributed by atoms with Crippen molar-refractivity contribution in [2.75, 3.05) is 0 Å². The van der Waals surface area contributed by atoms with Gasteiger partial charge >= 0.3 is 0 Å². The minimum absolute atomic E-state index is 0.614. The Hall–Kier alpha value is -0.560. The minimum atomic E-state index is 0.614. The van der Waals surface area contributed by atoms with Crippen LogP contribution in [0, 0.1) is 20.8 Å². The molecule has 0 fully saturated rings. The molecule has 0 aliphatic heterocycles. The highest BCUT2D eigenvalue weighted by Crippen LogP contribution is 2.14. The third kappa shape index (κ3) is 1.29. The number of aromatic nitrogens is 1. The van der Waals surface area contributed by atoms with Gasteiger partial charge < -0.3 is 0 Å². The molecule has 0 atom stereocenters. The van der Waals surface area contributed by atoms with Crippen LogP contribution in [0.3, 0.4) is 0 Å². The summed E-state index contributed by atoms with van der Waals surface area (Å²) in [5.74, 6) is 0. The molecule has 0 saturated heterocycles. The van der Waals surface area contributed by atoms with Gasteiger partial charge in [-0.05, 0) is 31.9 Å². The molecule has 0 radical (unpaired) electrons. The highest BCUT2D eigenvalue weighted by molar-refractivity contribution is 6.30. The molecule has 0 aliphatic carbocycles. The van der Waals surface area contributed by atoms with Crippen LogP contribution in [0.25, 0.3) is 0 Å². The van der Waals surface area contributed by atoms with Crippen molar-refractivity contribution in [1.29, 1.82) is 0 Å². The SMILES string of the molecule is Cc1cc(C)c(Cl)nc1C. The van der Waals surface area contributed by atoms with Gasteiger partial charge in [0.2, 0.25) is 0 Å². The van der Waals surface area contributed by atoms with E-state index in [0.717, 1.165) is 11.3 Å². The molecule has 0 bridgehead atoms. The van der Waals surface area contributed by atoms with Gasteiger partial charge in [0.25, 0.3) is 0 Å². The van der Waals surface area contributed by atoms with E-state index in [1.54, 1.807) is 0 Å². The van der Waals surface area contributed by atoms with Crippen molar-refractivity contribution < 1.29 is 0 Å². The molecule has 1 aromatic heterocycles. The van der Waals surface area contributed by atoms with Gasteiger partial charge in [-0.3, -0.25) is 0 Å². The second-order valence-corrected chi connectivity index (χ2v) is 2.86. The molecule has 54 valence electrons. The van der Waals surface area contributed by atoms with Gasteiger partial charge in [0, 0.05) is 5.69 Å². The Morgan fingerprint density at radius 2 is 1.80 bits per heavy atom. The summed E-state index contributed by atoms with van der Waals surface area (Å²) in [6.45, 7) is 5.95. The van der Waals surface area contributed by atoms with Gasteiger partial charge in [-0.1, -0.05) is 17.7 Å². The zero-order valence-electron chi connectivity index (χ0n) is 6.40. The van der Waals surface area contributed by atoms with Gasteiger partial charge in [-0.15, -0.1) is 0 Å². The third-order valence-corrected chi connectivity index (χ3v) is 1.98. The fourth-order valence-corrected chi connectivity index (χ4v) is 0.994. The monoisotopic (exact) mass is 155 g/mol. The molecule has 0 saturated carbocycles. The van der Waals surface area contributed by atoms with E-state index >= 15 is 0 Å². The Bertz CT molecular complexity index is 205. The van der Waals surface area contributed by atoms with E-state index in [4.69, 9.17) is 11.6 Å². The normalized spacial score (nSPS) is 10.0. The van der Waals surface area contributed by atoms with Crippen LogP contribution in [-0.4, -0.2) is 4.98 Å². The maximum atomic E-state index is 5.77. The molecule has 0 N–H and O–H groups in total. The summed E-state index contributed by atoms with van der Waals surface area (Å²) in [6.07, 6.45) is 0. The molecule has 0 spiro atoms. The van der Waals surface area contributed by atoms with Crippen molar-refractivity contribution >= 4 is 11.6 Å². The number of aryl methyl sites for hydroxylation is 3. The molecular weight excluding hydrogens is 146 g/mol. The summed E-state index contributed by atoms with van der Waals surface area (Å²) >= 11 is 5.77. The average Bonchev–Trinajstić information content (AvgIpc) is 1.84. The molecule has 0 unspecified atom stereocenters. The Morgan fingerprint density at radius 1 is 1.20 bits per heavy atom.